The summed E-state index contributed by atoms with van der Waals surface area (Å²) in [5.74, 6) is 0.0207. The first-order chi connectivity index (χ1) is 8.65. The minimum Gasteiger partial charge on any atom is -0.478 e. The summed E-state index contributed by atoms with van der Waals surface area (Å²) in [4.78, 5) is 14.6. The average Bonchev–Trinajstić information content (AvgIpc) is 2.73. The van der Waals surface area contributed by atoms with Gasteiger partial charge < -0.3 is 9.67 Å². The van der Waals surface area contributed by atoms with E-state index in [1.807, 2.05) is 42.0 Å². The Morgan fingerprint density at radius 1 is 1.50 bits per heavy atom. The van der Waals surface area contributed by atoms with Crippen LogP contribution in [0.2, 0.25) is 0 Å². The fourth-order valence-corrected chi connectivity index (χ4v) is 1.73. The van der Waals surface area contributed by atoms with Crippen molar-refractivity contribution in [3.05, 3.63) is 59.7 Å². The molecule has 0 fully saturated rings. The summed E-state index contributed by atoms with van der Waals surface area (Å²) < 4.78 is 2.04. The molecule has 1 N–H and O–H groups in total. The molecule has 0 saturated heterocycles. The average molecular weight is 242 g/mol. The first-order valence-corrected chi connectivity index (χ1v) is 5.63. The predicted molar refractivity (Wildman–Crippen MR) is 69.2 cm³/mol. The number of benzene rings is 1. The summed E-state index contributed by atoms with van der Waals surface area (Å²) in [7, 11) is 0. The first kappa shape index (κ1) is 12.1. The van der Waals surface area contributed by atoms with E-state index in [9.17, 15) is 4.79 Å². The Morgan fingerprint density at radius 3 is 3.00 bits per heavy atom. The third-order valence-corrected chi connectivity index (χ3v) is 2.65. The van der Waals surface area contributed by atoms with E-state index >= 15 is 0 Å². The van der Waals surface area contributed by atoms with E-state index in [4.69, 9.17) is 5.11 Å². The van der Waals surface area contributed by atoms with Gasteiger partial charge in [-0.2, -0.15) is 0 Å². The highest BCUT2D eigenvalue weighted by atomic mass is 16.4. The van der Waals surface area contributed by atoms with Crippen molar-refractivity contribution in [3.8, 4) is 0 Å². The molecule has 92 valence electrons. The summed E-state index contributed by atoms with van der Waals surface area (Å²) in [5.41, 5.74) is 2.00. The summed E-state index contributed by atoms with van der Waals surface area (Å²) in [6.45, 7) is 2.69. The second-order valence-corrected chi connectivity index (χ2v) is 4.02. The van der Waals surface area contributed by atoms with Gasteiger partial charge in [-0.25, -0.2) is 9.78 Å². The van der Waals surface area contributed by atoms with Crippen molar-refractivity contribution >= 4 is 12.0 Å². The van der Waals surface area contributed by atoms with E-state index in [-0.39, 0.29) is 0 Å². The number of aryl methyl sites for hydroxylation is 1. The largest absolute Gasteiger partial charge is 0.478 e. The Hall–Kier alpha value is -2.36. The van der Waals surface area contributed by atoms with Crippen molar-refractivity contribution in [2.24, 2.45) is 0 Å². The lowest BCUT2D eigenvalue weighted by atomic mass is 10.1. The minimum atomic E-state index is -0.939. The van der Waals surface area contributed by atoms with Crippen LogP contribution in [0.25, 0.3) is 6.08 Å². The third-order valence-electron chi connectivity index (χ3n) is 2.65. The summed E-state index contributed by atoms with van der Waals surface area (Å²) in [6.07, 6.45) is 6.42. The summed E-state index contributed by atoms with van der Waals surface area (Å²) >= 11 is 0. The zero-order valence-electron chi connectivity index (χ0n) is 10.1. The highest BCUT2D eigenvalue weighted by Gasteiger charge is 1.99. The van der Waals surface area contributed by atoms with Crippen molar-refractivity contribution in [2.45, 2.75) is 13.5 Å². The van der Waals surface area contributed by atoms with Crippen LogP contribution in [-0.2, 0) is 11.3 Å². The zero-order chi connectivity index (χ0) is 13.0. The monoisotopic (exact) mass is 242 g/mol. The number of aromatic nitrogens is 2. The summed E-state index contributed by atoms with van der Waals surface area (Å²) in [6, 6.07) is 7.78. The minimum absolute atomic E-state index is 0.737. The van der Waals surface area contributed by atoms with Gasteiger partial charge >= 0.3 is 5.97 Å². The van der Waals surface area contributed by atoms with Crippen molar-refractivity contribution in [1.29, 1.82) is 0 Å². The molecule has 0 aliphatic carbocycles. The number of carboxylic acid groups (broad SMARTS) is 1. The lowest BCUT2D eigenvalue weighted by molar-refractivity contribution is -0.131. The Kier molecular flexibility index (Phi) is 3.57. The van der Waals surface area contributed by atoms with Crippen LogP contribution in [0.1, 0.15) is 17.0 Å². The quantitative estimate of drug-likeness (QED) is 0.837. The lowest BCUT2D eigenvalue weighted by Gasteiger charge is -2.05. The molecule has 4 nitrogen and oxygen atoms in total. The molecule has 0 saturated carbocycles. The molecular weight excluding hydrogens is 228 g/mol. The molecule has 0 aliphatic rings. The molecule has 0 bridgehead atoms. The second kappa shape index (κ2) is 5.31. The van der Waals surface area contributed by atoms with Gasteiger partial charge in [0.05, 0.1) is 0 Å². The molecule has 18 heavy (non-hydrogen) atoms. The lowest BCUT2D eigenvalue weighted by Crippen LogP contribution is -2.00. The smallest absolute Gasteiger partial charge is 0.328 e. The van der Waals surface area contributed by atoms with Gasteiger partial charge in [-0.1, -0.05) is 18.2 Å². The van der Waals surface area contributed by atoms with Gasteiger partial charge in [0.25, 0.3) is 0 Å². The van der Waals surface area contributed by atoms with Gasteiger partial charge in [-0.05, 0) is 30.2 Å². The SMILES string of the molecule is Cc1nccn1Cc1cccc(C=CC(=O)O)c1. The van der Waals surface area contributed by atoms with Gasteiger partial charge in [0, 0.05) is 25.0 Å². The van der Waals surface area contributed by atoms with E-state index in [2.05, 4.69) is 4.98 Å². The highest BCUT2D eigenvalue weighted by molar-refractivity contribution is 5.85. The molecular formula is C14H14N2O2. The van der Waals surface area contributed by atoms with Crippen LogP contribution in [-0.4, -0.2) is 20.6 Å². The van der Waals surface area contributed by atoms with Crippen molar-refractivity contribution in [3.63, 3.8) is 0 Å². The number of aliphatic carboxylic acids is 1. The number of rotatable bonds is 4. The first-order valence-electron chi connectivity index (χ1n) is 5.63. The van der Waals surface area contributed by atoms with Crippen LogP contribution < -0.4 is 0 Å². The normalized spacial score (nSPS) is 10.9. The van der Waals surface area contributed by atoms with Crippen LogP contribution in [0, 0.1) is 6.92 Å². The van der Waals surface area contributed by atoms with Gasteiger partial charge in [-0.3, -0.25) is 0 Å². The standard InChI is InChI=1S/C14H14N2O2/c1-11-15-7-8-16(11)10-13-4-2-3-12(9-13)5-6-14(17)18/h2-9H,10H2,1H3,(H,17,18). The zero-order valence-corrected chi connectivity index (χ0v) is 10.1. The molecule has 0 spiro atoms. The van der Waals surface area contributed by atoms with Crippen LogP contribution in [0.4, 0.5) is 0 Å². The maximum Gasteiger partial charge on any atom is 0.328 e. The van der Waals surface area contributed by atoms with E-state index < -0.39 is 5.97 Å². The molecule has 1 heterocycles. The second-order valence-electron chi connectivity index (χ2n) is 4.02. The van der Waals surface area contributed by atoms with E-state index in [0.717, 1.165) is 29.6 Å². The number of nitrogens with zero attached hydrogens (tertiary/aromatic N) is 2. The molecule has 2 rings (SSSR count). The molecule has 0 atom stereocenters. The number of hydrogen-bond donors (Lipinski definition) is 1. The molecule has 4 heteroatoms. The maximum atomic E-state index is 10.5. The van der Waals surface area contributed by atoms with Crippen molar-refractivity contribution in [2.75, 3.05) is 0 Å². The molecule has 0 aliphatic heterocycles. The molecule has 1 aromatic heterocycles. The molecule has 0 unspecified atom stereocenters. The van der Waals surface area contributed by atoms with E-state index in [0.29, 0.717) is 0 Å². The topological polar surface area (TPSA) is 55.1 Å². The Morgan fingerprint density at radius 2 is 2.33 bits per heavy atom. The maximum absolute atomic E-state index is 10.5. The van der Waals surface area contributed by atoms with Crippen LogP contribution in [0.5, 0.6) is 0 Å². The van der Waals surface area contributed by atoms with Crippen LogP contribution >= 0.6 is 0 Å². The van der Waals surface area contributed by atoms with Crippen LogP contribution in [0.15, 0.2) is 42.7 Å². The highest BCUT2D eigenvalue weighted by Crippen LogP contribution is 2.10. The Balaban J connectivity index is 2.17. The number of imidazole rings is 1. The van der Waals surface area contributed by atoms with E-state index in [1.165, 1.54) is 0 Å². The number of hydrogen-bond acceptors (Lipinski definition) is 2. The Bertz CT molecular complexity index is 585. The number of carboxylic acids is 1. The van der Waals surface area contributed by atoms with Crippen LogP contribution in [0.3, 0.4) is 0 Å². The fraction of sp³-hybridized carbons (Fsp3) is 0.143. The molecule has 0 radical (unpaired) electrons. The Labute approximate surface area is 105 Å². The summed E-state index contributed by atoms with van der Waals surface area (Å²) in [5, 5.41) is 8.59. The molecule has 2 aromatic rings. The molecule has 0 amide bonds. The predicted octanol–water partition coefficient (Wildman–Crippen LogP) is 2.34. The molecule has 1 aromatic carbocycles. The van der Waals surface area contributed by atoms with Gasteiger partial charge in [0.2, 0.25) is 0 Å². The van der Waals surface area contributed by atoms with E-state index in [1.54, 1.807) is 12.3 Å². The third kappa shape index (κ3) is 3.07. The number of carbonyl (C=O) groups is 1. The van der Waals surface area contributed by atoms with Gasteiger partial charge in [-0.15, -0.1) is 0 Å². The van der Waals surface area contributed by atoms with Crippen molar-refractivity contribution < 1.29 is 9.90 Å². The van der Waals surface area contributed by atoms with Crippen molar-refractivity contribution in [1.82, 2.24) is 9.55 Å². The fourth-order valence-electron chi connectivity index (χ4n) is 1.73. The van der Waals surface area contributed by atoms with Gasteiger partial charge in [0.15, 0.2) is 0 Å². The van der Waals surface area contributed by atoms with Gasteiger partial charge in [0.1, 0.15) is 5.82 Å².